The predicted octanol–water partition coefficient (Wildman–Crippen LogP) is 4.50. The largest absolute Gasteiger partial charge is 0.485 e. The third-order valence-corrected chi connectivity index (χ3v) is 4.84. The van der Waals surface area contributed by atoms with Crippen molar-refractivity contribution in [2.75, 3.05) is 7.05 Å². The number of rotatable bonds is 7. The third-order valence-electron chi connectivity index (χ3n) is 4.84. The Labute approximate surface area is 169 Å². The fourth-order valence-electron chi connectivity index (χ4n) is 3.32. The molecule has 6 heteroatoms. The van der Waals surface area contributed by atoms with E-state index in [1.165, 1.54) is 0 Å². The SMILES string of the molecule is CCn1nccc1CN(C)C(=O)c1ccc(COc2cccc3ccccc23)o1. The van der Waals surface area contributed by atoms with Crippen LogP contribution in [0.15, 0.2) is 71.3 Å². The second-order valence-electron chi connectivity index (χ2n) is 6.83. The van der Waals surface area contributed by atoms with Gasteiger partial charge in [-0.05, 0) is 36.6 Å². The van der Waals surface area contributed by atoms with Crippen molar-refractivity contribution in [3.05, 3.63) is 84.1 Å². The molecule has 0 aliphatic rings. The first kappa shape index (κ1) is 18.8. The van der Waals surface area contributed by atoms with Gasteiger partial charge in [-0.3, -0.25) is 9.48 Å². The van der Waals surface area contributed by atoms with E-state index in [1.807, 2.05) is 60.1 Å². The molecule has 0 aliphatic carbocycles. The second kappa shape index (κ2) is 8.22. The number of carbonyl (C=O) groups excluding carboxylic acids is 1. The summed E-state index contributed by atoms with van der Waals surface area (Å²) in [6, 6.07) is 19.4. The number of nitrogens with zero attached hydrogens (tertiary/aromatic N) is 3. The summed E-state index contributed by atoms with van der Waals surface area (Å²) in [7, 11) is 1.75. The Morgan fingerprint density at radius 1 is 1.10 bits per heavy atom. The van der Waals surface area contributed by atoms with Crippen LogP contribution in [-0.4, -0.2) is 27.6 Å². The summed E-state index contributed by atoms with van der Waals surface area (Å²) in [5.74, 6) is 1.52. The second-order valence-corrected chi connectivity index (χ2v) is 6.83. The van der Waals surface area contributed by atoms with Crippen LogP contribution in [0.3, 0.4) is 0 Å². The molecule has 0 N–H and O–H groups in total. The highest BCUT2D eigenvalue weighted by atomic mass is 16.5. The van der Waals surface area contributed by atoms with Crippen molar-refractivity contribution in [2.24, 2.45) is 0 Å². The number of carbonyl (C=O) groups is 1. The molecule has 0 fully saturated rings. The van der Waals surface area contributed by atoms with Gasteiger partial charge in [0.25, 0.3) is 5.91 Å². The van der Waals surface area contributed by atoms with Crippen molar-refractivity contribution in [1.82, 2.24) is 14.7 Å². The molecule has 4 aromatic rings. The molecule has 0 atom stereocenters. The Kier molecular flexibility index (Phi) is 5.33. The number of ether oxygens (including phenoxy) is 1. The van der Waals surface area contributed by atoms with E-state index in [9.17, 15) is 4.79 Å². The molecule has 0 bridgehead atoms. The van der Waals surface area contributed by atoms with E-state index in [2.05, 4.69) is 5.10 Å². The highest BCUT2D eigenvalue weighted by Gasteiger charge is 2.18. The van der Waals surface area contributed by atoms with Crippen LogP contribution >= 0.6 is 0 Å². The van der Waals surface area contributed by atoms with Crippen molar-refractivity contribution in [3.8, 4) is 5.75 Å². The van der Waals surface area contributed by atoms with Crippen molar-refractivity contribution in [3.63, 3.8) is 0 Å². The lowest BCUT2D eigenvalue weighted by Gasteiger charge is -2.16. The molecule has 0 saturated carbocycles. The van der Waals surface area contributed by atoms with Crippen LogP contribution in [0.2, 0.25) is 0 Å². The first-order chi connectivity index (χ1) is 14.2. The minimum absolute atomic E-state index is 0.176. The molecule has 2 aromatic carbocycles. The summed E-state index contributed by atoms with van der Waals surface area (Å²) in [4.78, 5) is 14.3. The molecule has 2 heterocycles. The lowest BCUT2D eigenvalue weighted by Crippen LogP contribution is -2.27. The monoisotopic (exact) mass is 389 g/mol. The lowest BCUT2D eigenvalue weighted by atomic mass is 10.1. The average Bonchev–Trinajstić information content (AvgIpc) is 3.40. The number of hydrogen-bond donors (Lipinski definition) is 0. The van der Waals surface area contributed by atoms with Gasteiger partial charge in [0, 0.05) is 25.2 Å². The fourth-order valence-corrected chi connectivity index (χ4v) is 3.32. The quantitative estimate of drug-likeness (QED) is 0.467. The Hall–Kier alpha value is -3.54. The molecule has 148 valence electrons. The molecule has 0 radical (unpaired) electrons. The molecule has 4 rings (SSSR count). The van der Waals surface area contributed by atoms with E-state index in [0.29, 0.717) is 18.1 Å². The molecular formula is C23H23N3O3. The highest BCUT2D eigenvalue weighted by Crippen LogP contribution is 2.26. The van der Waals surface area contributed by atoms with Crippen LogP contribution in [0.4, 0.5) is 0 Å². The van der Waals surface area contributed by atoms with Gasteiger partial charge in [-0.25, -0.2) is 0 Å². The van der Waals surface area contributed by atoms with Gasteiger partial charge in [-0.1, -0.05) is 36.4 Å². The van der Waals surface area contributed by atoms with Crippen molar-refractivity contribution >= 4 is 16.7 Å². The zero-order chi connectivity index (χ0) is 20.2. The number of fused-ring (bicyclic) bond motifs is 1. The molecule has 0 unspecified atom stereocenters. The van der Waals surface area contributed by atoms with Gasteiger partial charge in [-0.2, -0.15) is 5.10 Å². The van der Waals surface area contributed by atoms with Crippen LogP contribution in [0, 0.1) is 0 Å². The molecule has 6 nitrogen and oxygen atoms in total. The minimum Gasteiger partial charge on any atom is -0.485 e. The predicted molar refractivity (Wildman–Crippen MR) is 111 cm³/mol. The maximum Gasteiger partial charge on any atom is 0.289 e. The summed E-state index contributed by atoms with van der Waals surface area (Å²) in [6.45, 7) is 3.51. The Balaban J connectivity index is 1.42. The van der Waals surface area contributed by atoms with Crippen LogP contribution in [0.5, 0.6) is 5.75 Å². The van der Waals surface area contributed by atoms with E-state index in [1.54, 1.807) is 30.3 Å². The van der Waals surface area contributed by atoms with Crippen LogP contribution in [0.1, 0.15) is 28.9 Å². The zero-order valence-corrected chi connectivity index (χ0v) is 16.5. The van der Waals surface area contributed by atoms with Crippen LogP contribution < -0.4 is 4.74 Å². The van der Waals surface area contributed by atoms with Crippen molar-refractivity contribution in [2.45, 2.75) is 26.6 Å². The number of aromatic nitrogens is 2. The van der Waals surface area contributed by atoms with Crippen LogP contribution in [-0.2, 0) is 19.7 Å². The van der Waals surface area contributed by atoms with Gasteiger partial charge >= 0.3 is 0 Å². The number of furan rings is 1. The summed E-state index contributed by atoms with van der Waals surface area (Å²) >= 11 is 0. The first-order valence-corrected chi connectivity index (χ1v) is 9.61. The Morgan fingerprint density at radius 2 is 1.93 bits per heavy atom. The molecule has 2 aromatic heterocycles. The molecule has 0 saturated heterocycles. The molecular weight excluding hydrogens is 366 g/mol. The van der Waals surface area contributed by atoms with Crippen LogP contribution in [0.25, 0.3) is 10.8 Å². The summed E-state index contributed by atoms with van der Waals surface area (Å²) in [5.41, 5.74) is 0.981. The van der Waals surface area contributed by atoms with Crippen molar-refractivity contribution < 1.29 is 13.9 Å². The van der Waals surface area contributed by atoms with Gasteiger partial charge in [0.1, 0.15) is 18.1 Å². The number of benzene rings is 2. The van der Waals surface area contributed by atoms with Gasteiger partial charge in [0.15, 0.2) is 5.76 Å². The maximum atomic E-state index is 12.7. The number of hydrogen-bond acceptors (Lipinski definition) is 4. The molecule has 0 spiro atoms. The van der Waals surface area contributed by atoms with Gasteiger partial charge in [0.2, 0.25) is 0 Å². The fraction of sp³-hybridized carbons (Fsp3) is 0.217. The van der Waals surface area contributed by atoms with Gasteiger partial charge in [-0.15, -0.1) is 0 Å². The first-order valence-electron chi connectivity index (χ1n) is 9.61. The van der Waals surface area contributed by atoms with E-state index < -0.39 is 0 Å². The number of aryl methyl sites for hydroxylation is 1. The van der Waals surface area contributed by atoms with E-state index >= 15 is 0 Å². The summed E-state index contributed by atoms with van der Waals surface area (Å²) in [5, 5.41) is 6.40. The normalized spacial score (nSPS) is 11.0. The smallest absolute Gasteiger partial charge is 0.289 e. The molecule has 1 amide bonds. The third kappa shape index (κ3) is 4.01. The maximum absolute atomic E-state index is 12.7. The molecule has 0 aliphatic heterocycles. The average molecular weight is 389 g/mol. The summed E-state index contributed by atoms with van der Waals surface area (Å²) < 4.78 is 13.6. The van der Waals surface area contributed by atoms with Crippen molar-refractivity contribution in [1.29, 1.82) is 0 Å². The molecule has 29 heavy (non-hydrogen) atoms. The topological polar surface area (TPSA) is 60.5 Å². The Morgan fingerprint density at radius 3 is 2.79 bits per heavy atom. The zero-order valence-electron chi connectivity index (χ0n) is 16.5. The van der Waals surface area contributed by atoms with Gasteiger partial charge in [0.05, 0.1) is 12.2 Å². The highest BCUT2D eigenvalue weighted by molar-refractivity contribution is 5.91. The van der Waals surface area contributed by atoms with Gasteiger partial charge < -0.3 is 14.1 Å². The van der Waals surface area contributed by atoms with E-state index in [4.69, 9.17) is 9.15 Å². The standard InChI is InChI=1S/C23H23N3O3/c1-3-26-18(13-14-24-26)15-25(2)23(27)22-12-11-19(29-22)16-28-21-10-6-8-17-7-4-5-9-20(17)21/h4-14H,3,15-16H2,1-2H3. The summed E-state index contributed by atoms with van der Waals surface area (Å²) in [6.07, 6.45) is 1.74. The van der Waals surface area contributed by atoms with E-state index in [0.717, 1.165) is 28.8 Å². The lowest BCUT2D eigenvalue weighted by molar-refractivity contribution is 0.0745. The minimum atomic E-state index is -0.176. The van der Waals surface area contributed by atoms with E-state index in [-0.39, 0.29) is 12.5 Å². The number of amides is 1. The Bertz CT molecular complexity index is 1120.